The minimum Gasteiger partial charge on any atom is -0.383 e. The number of benzene rings is 2. The molecule has 110 valence electrons. The van der Waals surface area contributed by atoms with Crippen LogP contribution in [0, 0.1) is 10.1 Å². The van der Waals surface area contributed by atoms with Crippen LogP contribution < -0.4 is 5.32 Å². The Balaban J connectivity index is 1.98. The number of nitro benzene ring substituents is 1. The molecule has 0 radical (unpaired) electrons. The number of nitro groups is 1. The highest BCUT2D eigenvalue weighted by molar-refractivity contribution is 7.97. The van der Waals surface area contributed by atoms with Crippen LogP contribution in [0.15, 0.2) is 42.5 Å². The van der Waals surface area contributed by atoms with Crippen LogP contribution >= 0.6 is 23.4 Å². The van der Waals surface area contributed by atoms with Crippen LogP contribution in [-0.2, 0) is 11.5 Å². The third-order valence-electron chi connectivity index (χ3n) is 2.98. The number of halogens is 1. The largest absolute Gasteiger partial charge is 0.383 e. The average Bonchev–Trinajstić information content (AvgIpc) is 2.49. The van der Waals surface area contributed by atoms with E-state index in [-0.39, 0.29) is 10.6 Å². The van der Waals surface area contributed by atoms with E-state index in [0.29, 0.717) is 5.69 Å². The zero-order valence-electron chi connectivity index (χ0n) is 11.5. The van der Waals surface area contributed by atoms with Crippen molar-refractivity contribution in [3.63, 3.8) is 0 Å². The summed E-state index contributed by atoms with van der Waals surface area (Å²) in [5.41, 5.74) is 2.78. The number of nitrogens with zero attached hydrogens (tertiary/aromatic N) is 1. The molecule has 21 heavy (non-hydrogen) atoms. The molecule has 1 N–H and O–H groups in total. The van der Waals surface area contributed by atoms with Crippen LogP contribution in [0.5, 0.6) is 0 Å². The molecule has 0 saturated heterocycles. The SMILES string of the molecule is CNc1ccc(CSCc2ccc(Cl)cc2)cc1[N+](=O)[O-]. The monoisotopic (exact) mass is 322 g/mol. The molecule has 0 aliphatic rings. The summed E-state index contributed by atoms with van der Waals surface area (Å²) in [5.74, 6) is 1.58. The fourth-order valence-electron chi connectivity index (χ4n) is 1.90. The normalized spacial score (nSPS) is 10.4. The molecule has 0 aliphatic carbocycles. The van der Waals surface area contributed by atoms with Gasteiger partial charge in [-0.05, 0) is 29.3 Å². The molecule has 0 atom stereocenters. The third kappa shape index (κ3) is 4.37. The summed E-state index contributed by atoms with van der Waals surface area (Å²) in [6.45, 7) is 0. The summed E-state index contributed by atoms with van der Waals surface area (Å²) in [7, 11) is 1.68. The van der Waals surface area contributed by atoms with Crippen molar-refractivity contribution in [2.75, 3.05) is 12.4 Å². The first-order valence-electron chi connectivity index (χ1n) is 6.37. The number of anilines is 1. The van der Waals surface area contributed by atoms with E-state index in [1.165, 1.54) is 5.56 Å². The van der Waals surface area contributed by atoms with Crippen LogP contribution in [0.3, 0.4) is 0 Å². The van der Waals surface area contributed by atoms with Crippen molar-refractivity contribution in [3.8, 4) is 0 Å². The molecular formula is C15H15ClN2O2S. The Bertz CT molecular complexity index is 632. The van der Waals surface area contributed by atoms with Gasteiger partial charge in [-0.3, -0.25) is 10.1 Å². The first-order chi connectivity index (χ1) is 10.1. The van der Waals surface area contributed by atoms with Gasteiger partial charge in [-0.1, -0.05) is 29.8 Å². The molecule has 0 amide bonds. The maximum absolute atomic E-state index is 11.0. The standard InChI is InChI=1S/C15H15ClN2O2S/c1-17-14-7-4-12(8-15(14)18(19)20)10-21-9-11-2-5-13(16)6-3-11/h2-8,17H,9-10H2,1H3. The summed E-state index contributed by atoms with van der Waals surface area (Å²) < 4.78 is 0. The van der Waals surface area contributed by atoms with E-state index < -0.39 is 0 Å². The molecule has 6 heteroatoms. The fourth-order valence-corrected chi connectivity index (χ4v) is 2.97. The van der Waals surface area contributed by atoms with E-state index in [4.69, 9.17) is 11.6 Å². The number of thioether (sulfide) groups is 1. The minimum absolute atomic E-state index is 0.113. The van der Waals surface area contributed by atoms with E-state index >= 15 is 0 Å². The molecule has 0 saturated carbocycles. The van der Waals surface area contributed by atoms with Crippen LogP contribution in [0.2, 0.25) is 5.02 Å². The third-order valence-corrected chi connectivity index (χ3v) is 4.31. The van der Waals surface area contributed by atoms with E-state index in [2.05, 4.69) is 5.32 Å². The smallest absolute Gasteiger partial charge is 0.292 e. The van der Waals surface area contributed by atoms with Gasteiger partial charge in [0.25, 0.3) is 5.69 Å². The van der Waals surface area contributed by atoms with Gasteiger partial charge in [-0.25, -0.2) is 0 Å². The Morgan fingerprint density at radius 3 is 2.38 bits per heavy atom. The molecule has 0 fully saturated rings. The molecular weight excluding hydrogens is 308 g/mol. The average molecular weight is 323 g/mol. The molecule has 2 rings (SSSR count). The maximum Gasteiger partial charge on any atom is 0.292 e. The van der Waals surface area contributed by atoms with Gasteiger partial charge >= 0.3 is 0 Å². The highest BCUT2D eigenvalue weighted by atomic mass is 35.5. The van der Waals surface area contributed by atoms with E-state index in [1.54, 1.807) is 30.9 Å². The van der Waals surface area contributed by atoms with Crippen LogP contribution in [0.4, 0.5) is 11.4 Å². The molecule has 4 nitrogen and oxygen atoms in total. The van der Waals surface area contributed by atoms with Gasteiger partial charge < -0.3 is 5.32 Å². The predicted molar refractivity (Wildman–Crippen MR) is 89.1 cm³/mol. The van der Waals surface area contributed by atoms with Crippen LogP contribution in [-0.4, -0.2) is 12.0 Å². The van der Waals surface area contributed by atoms with Gasteiger partial charge in [0, 0.05) is 29.6 Å². The fraction of sp³-hybridized carbons (Fsp3) is 0.200. The number of nitrogens with one attached hydrogen (secondary N) is 1. The van der Waals surface area contributed by atoms with Gasteiger partial charge in [0.05, 0.1) is 4.92 Å². The molecule has 0 bridgehead atoms. The number of rotatable bonds is 6. The molecule has 0 aromatic heterocycles. The van der Waals surface area contributed by atoms with Gasteiger partial charge in [0.15, 0.2) is 0 Å². The molecule has 0 spiro atoms. The van der Waals surface area contributed by atoms with E-state index in [0.717, 1.165) is 22.1 Å². The highest BCUT2D eigenvalue weighted by Crippen LogP contribution is 2.27. The minimum atomic E-state index is -0.362. The lowest BCUT2D eigenvalue weighted by Crippen LogP contribution is -1.97. The van der Waals surface area contributed by atoms with Crippen molar-refractivity contribution in [3.05, 3.63) is 68.7 Å². The molecule has 2 aromatic carbocycles. The second-order valence-electron chi connectivity index (χ2n) is 4.48. The Hall–Kier alpha value is -1.72. The van der Waals surface area contributed by atoms with Crippen molar-refractivity contribution in [1.82, 2.24) is 0 Å². The summed E-state index contributed by atoms with van der Waals surface area (Å²) in [6.07, 6.45) is 0. The lowest BCUT2D eigenvalue weighted by Gasteiger charge is -2.06. The second-order valence-corrected chi connectivity index (χ2v) is 5.90. The first-order valence-corrected chi connectivity index (χ1v) is 7.90. The lowest BCUT2D eigenvalue weighted by atomic mass is 10.2. The van der Waals surface area contributed by atoms with Gasteiger partial charge in [0.1, 0.15) is 5.69 Å². The van der Waals surface area contributed by atoms with Crippen molar-refractivity contribution in [2.45, 2.75) is 11.5 Å². The summed E-state index contributed by atoms with van der Waals surface area (Å²) >= 11 is 7.55. The summed E-state index contributed by atoms with van der Waals surface area (Å²) in [6, 6.07) is 13.0. The first kappa shape index (κ1) is 15.7. The summed E-state index contributed by atoms with van der Waals surface area (Å²) in [4.78, 5) is 10.6. The molecule has 2 aromatic rings. The van der Waals surface area contributed by atoms with Crippen molar-refractivity contribution in [2.24, 2.45) is 0 Å². The molecule has 0 aliphatic heterocycles. The lowest BCUT2D eigenvalue weighted by molar-refractivity contribution is -0.384. The maximum atomic E-state index is 11.0. The zero-order valence-corrected chi connectivity index (χ0v) is 13.1. The second kappa shape index (κ2) is 7.33. The Kier molecular flexibility index (Phi) is 5.47. The van der Waals surface area contributed by atoms with Gasteiger partial charge in [-0.15, -0.1) is 0 Å². The van der Waals surface area contributed by atoms with Gasteiger partial charge in [-0.2, -0.15) is 11.8 Å². The Labute approximate surface area is 132 Å². The molecule has 0 heterocycles. The van der Waals surface area contributed by atoms with E-state index in [9.17, 15) is 10.1 Å². The van der Waals surface area contributed by atoms with E-state index in [1.807, 2.05) is 30.3 Å². The quantitative estimate of drug-likeness (QED) is 0.617. The van der Waals surface area contributed by atoms with Crippen molar-refractivity contribution < 1.29 is 4.92 Å². The molecule has 0 unspecified atom stereocenters. The number of hydrogen-bond donors (Lipinski definition) is 1. The van der Waals surface area contributed by atoms with Crippen LogP contribution in [0.1, 0.15) is 11.1 Å². The predicted octanol–water partition coefficient (Wildman–Crippen LogP) is 4.72. The zero-order chi connectivity index (χ0) is 15.2. The summed E-state index contributed by atoms with van der Waals surface area (Å²) in [5, 5.41) is 14.6. The number of hydrogen-bond acceptors (Lipinski definition) is 4. The van der Waals surface area contributed by atoms with Crippen LogP contribution in [0.25, 0.3) is 0 Å². The highest BCUT2D eigenvalue weighted by Gasteiger charge is 2.13. The Morgan fingerprint density at radius 1 is 1.14 bits per heavy atom. The topological polar surface area (TPSA) is 55.2 Å². The van der Waals surface area contributed by atoms with Crippen molar-refractivity contribution >= 4 is 34.7 Å². The van der Waals surface area contributed by atoms with Crippen molar-refractivity contribution in [1.29, 1.82) is 0 Å². The Morgan fingerprint density at radius 2 is 1.76 bits per heavy atom. The van der Waals surface area contributed by atoms with Gasteiger partial charge in [0.2, 0.25) is 0 Å².